The van der Waals surface area contributed by atoms with Crippen LogP contribution in [0.3, 0.4) is 0 Å². The highest BCUT2D eigenvalue weighted by molar-refractivity contribution is 4.85. The molecule has 0 aromatic rings. The summed E-state index contributed by atoms with van der Waals surface area (Å²) in [6, 6.07) is 0.877. The minimum atomic E-state index is 0.241. The highest BCUT2D eigenvalue weighted by Crippen LogP contribution is 2.13. The standard InChI is InChI=1S/C11H22N2O/c1-4-6-13-7-5-10(2)12(3)8-11(13)9-14/h4,10-11,14H,1,5-9H2,2-3H3. The Balaban J connectivity index is 2.61. The van der Waals surface area contributed by atoms with E-state index in [9.17, 15) is 5.11 Å². The first kappa shape index (κ1) is 11.7. The summed E-state index contributed by atoms with van der Waals surface area (Å²) >= 11 is 0. The van der Waals surface area contributed by atoms with Gasteiger partial charge in [0.25, 0.3) is 0 Å². The second-order valence-corrected chi connectivity index (χ2v) is 4.20. The fourth-order valence-electron chi connectivity index (χ4n) is 1.96. The molecule has 1 aliphatic rings. The summed E-state index contributed by atoms with van der Waals surface area (Å²) in [6.45, 7) is 9.13. The minimum Gasteiger partial charge on any atom is -0.395 e. The van der Waals surface area contributed by atoms with Gasteiger partial charge in [-0.2, -0.15) is 0 Å². The molecule has 14 heavy (non-hydrogen) atoms. The third-order valence-corrected chi connectivity index (χ3v) is 3.18. The zero-order valence-corrected chi connectivity index (χ0v) is 9.32. The summed E-state index contributed by atoms with van der Waals surface area (Å²) in [5.74, 6) is 0. The average Bonchev–Trinajstić information content (AvgIpc) is 2.31. The molecular weight excluding hydrogens is 176 g/mol. The van der Waals surface area contributed by atoms with Crippen molar-refractivity contribution in [2.45, 2.75) is 25.4 Å². The molecule has 1 N–H and O–H groups in total. The van der Waals surface area contributed by atoms with E-state index in [1.165, 1.54) is 6.42 Å². The van der Waals surface area contributed by atoms with Crippen molar-refractivity contribution in [3.8, 4) is 0 Å². The molecule has 0 aliphatic carbocycles. The average molecular weight is 198 g/mol. The van der Waals surface area contributed by atoms with E-state index in [2.05, 4.69) is 30.4 Å². The van der Waals surface area contributed by atoms with Crippen molar-refractivity contribution in [1.29, 1.82) is 0 Å². The van der Waals surface area contributed by atoms with Gasteiger partial charge in [0.2, 0.25) is 0 Å². The van der Waals surface area contributed by atoms with Crippen molar-refractivity contribution in [3.05, 3.63) is 12.7 Å². The van der Waals surface area contributed by atoms with Gasteiger partial charge in [-0.15, -0.1) is 6.58 Å². The second-order valence-electron chi connectivity index (χ2n) is 4.20. The topological polar surface area (TPSA) is 26.7 Å². The van der Waals surface area contributed by atoms with Gasteiger partial charge in [0.15, 0.2) is 0 Å². The predicted octanol–water partition coefficient (Wildman–Crippen LogP) is 0.559. The van der Waals surface area contributed by atoms with E-state index < -0.39 is 0 Å². The Bertz CT molecular complexity index is 184. The Kier molecular flexibility index (Phi) is 4.58. The summed E-state index contributed by atoms with van der Waals surface area (Å²) in [6.07, 6.45) is 3.08. The Labute approximate surface area is 87.0 Å². The Hall–Kier alpha value is -0.380. The third-order valence-electron chi connectivity index (χ3n) is 3.18. The van der Waals surface area contributed by atoms with Gasteiger partial charge < -0.3 is 10.0 Å². The summed E-state index contributed by atoms with van der Waals surface area (Å²) in [5, 5.41) is 9.31. The van der Waals surface area contributed by atoms with Gasteiger partial charge in [-0.05, 0) is 20.4 Å². The first-order valence-electron chi connectivity index (χ1n) is 5.35. The number of nitrogens with zero attached hydrogens (tertiary/aromatic N) is 2. The molecule has 0 aromatic heterocycles. The van der Waals surface area contributed by atoms with Gasteiger partial charge in [0, 0.05) is 31.7 Å². The quantitative estimate of drug-likeness (QED) is 0.671. The molecule has 3 nitrogen and oxygen atoms in total. The molecule has 1 heterocycles. The van der Waals surface area contributed by atoms with Crippen LogP contribution in [-0.2, 0) is 0 Å². The molecule has 1 rings (SSSR count). The Morgan fingerprint density at radius 3 is 2.86 bits per heavy atom. The van der Waals surface area contributed by atoms with E-state index in [0.29, 0.717) is 6.04 Å². The van der Waals surface area contributed by atoms with Crippen LogP contribution in [0.1, 0.15) is 13.3 Å². The zero-order valence-electron chi connectivity index (χ0n) is 9.32. The first-order valence-corrected chi connectivity index (χ1v) is 5.35. The third kappa shape index (κ3) is 2.80. The number of rotatable bonds is 3. The molecule has 0 saturated carbocycles. The minimum absolute atomic E-state index is 0.241. The number of aliphatic hydroxyl groups is 1. The molecule has 0 aromatic carbocycles. The molecular formula is C11H22N2O. The van der Waals surface area contributed by atoms with E-state index in [-0.39, 0.29) is 12.6 Å². The van der Waals surface area contributed by atoms with Crippen LogP contribution in [0.2, 0.25) is 0 Å². The summed E-state index contributed by atoms with van der Waals surface area (Å²) in [7, 11) is 2.13. The van der Waals surface area contributed by atoms with E-state index >= 15 is 0 Å². The normalized spacial score (nSPS) is 31.4. The van der Waals surface area contributed by atoms with Crippen LogP contribution in [0.25, 0.3) is 0 Å². The maximum Gasteiger partial charge on any atom is 0.0599 e. The van der Waals surface area contributed by atoms with Gasteiger partial charge in [-0.1, -0.05) is 6.08 Å². The van der Waals surface area contributed by atoms with Crippen LogP contribution in [0.15, 0.2) is 12.7 Å². The van der Waals surface area contributed by atoms with Gasteiger partial charge in [0.05, 0.1) is 6.61 Å². The molecule has 82 valence electrons. The lowest BCUT2D eigenvalue weighted by atomic mass is 10.2. The maximum atomic E-state index is 9.31. The van der Waals surface area contributed by atoms with E-state index in [4.69, 9.17) is 0 Å². The molecule has 0 radical (unpaired) electrons. The van der Waals surface area contributed by atoms with Crippen LogP contribution in [0.4, 0.5) is 0 Å². The second kappa shape index (κ2) is 5.49. The smallest absolute Gasteiger partial charge is 0.0599 e. The fraction of sp³-hybridized carbons (Fsp3) is 0.818. The lowest BCUT2D eigenvalue weighted by Crippen LogP contribution is -2.43. The lowest BCUT2D eigenvalue weighted by molar-refractivity contribution is 0.123. The molecule has 2 unspecified atom stereocenters. The predicted molar refractivity (Wildman–Crippen MR) is 59.4 cm³/mol. The van der Waals surface area contributed by atoms with E-state index in [1.807, 2.05) is 6.08 Å². The highest BCUT2D eigenvalue weighted by Gasteiger charge is 2.24. The van der Waals surface area contributed by atoms with Crippen LogP contribution in [0, 0.1) is 0 Å². The van der Waals surface area contributed by atoms with Gasteiger partial charge >= 0.3 is 0 Å². The van der Waals surface area contributed by atoms with Crippen LogP contribution in [-0.4, -0.2) is 60.3 Å². The maximum absolute atomic E-state index is 9.31. The Morgan fingerprint density at radius 1 is 1.57 bits per heavy atom. The molecule has 1 fully saturated rings. The van der Waals surface area contributed by atoms with Crippen molar-refractivity contribution in [1.82, 2.24) is 9.80 Å². The zero-order chi connectivity index (χ0) is 10.6. The Morgan fingerprint density at radius 2 is 2.29 bits per heavy atom. The molecule has 0 spiro atoms. The molecule has 1 aliphatic heterocycles. The summed E-state index contributed by atoms with van der Waals surface area (Å²) in [5.41, 5.74) is 0. The fourth-order valence-corrected chi connectivity index (χ4v) is 1.96. The van der Waals surface area contributed by atoms with Gasteiger partial charge in [0.1, 0.15) is 0 Å². The molecule has 2 atom stereocenters. The van der Waals surface area contributed by atoms with E-state index in [1.54, 1.807) is 0 Å². The van der Waals surface area contributed by atoms with Crippen LogP contribution < -0.4 is 0 Å². The van der Waals surface area contributed by atoms with Crippen molar-refractivity contribution in [2.24, 2.45) is 0 Å². The molecule has 1 saturated heterocycles. The molecule has 0 amide bonds. The van der Waals surface area contributed by atoms with Crippen LogP contribution >= 0.6 is 0 Å². The monoisotopic (exact) mass is 198 g/mol. The van der Waals surface area contributed by atoms with Crippen molar-refractivity contribution in [3.63, 3.8) is 0 Å². The molecule has 3 heteroatoms. The van der Waals surface area contributed by atoms with Crippen molar-refractivity contribution in [2.75, 3.05) is 33.3 Å². The largest absolute Gasteiger partial charge is 0.395 e. The molecule has 0 bridgehead atoms. The van der Waals surface area contributed by atoms with Gasteiger partial charge in [-0.25, -0.2) is 0 Å². The summed E-state index contributed by atoms with van der Waals surface area (Å²) in [4.78, 5) is 4.64. The van der Waals surface area contributed by atoms with E-state index in [0.717, 1.165) is 19.6 Å². The summed E-state index contributed by atoms with van der Waals surface area (Å²) < 4.78 is 0. The first-order chi connectivity index (χ1) is 6.69. The van der Waals surface area contributed by atoms with Crippen molar-refractivity contribution >= 4 is 0 Å². The number of aliphatic hydroxyl groups excluding tert-OH is 1. The lowest BCUT2D eigenvalue weighted by Gasteiger charge is -2.28. The van der Waals surface area contributed by atoms with Crippen LogP contribution in [0.5, 0.6) is 0 Å². The number of likely N-dealkylation sites (N-methyl/N-ethyl adjacent to an activating group) is 1. The number of hydrogen-bond donors (Lipinski definition) is 1. The SMILES string of the molecule is C=CCN1CCC(C)N(C)CC1CO. The number of hydrogen-bond acceptors (Lipinski definition) is 3. The van der Waals surface area contributed by atoms with Gasteiger partial charge in [-0.3, -0.25) is 4.90 Å². The highest BCUT2D eigenvalue weighted by atomic mass is 16.3. The van der Waals surface area contributed by atoms with Crippen molar-refractivity contribution < 1.29 is 5.11 Å².